The highest BCUT2D eigenvalue weighted by Crippen LogP contribution is 2.17. The second-order valence-electron chi connectivity index (χ2n) is 4.59. The minimum absolute atomic E-state index is 0.0151. The van der Waals surface area contributed by atoms with Gasteiger partial charge in [0.15, 0.2) is 11.6 Å². The molecule has 0 saturated heterocycles. The van der Waals surface area contributed by atoms with Crippen molar-refractivity contribution in [2.24, 2.45) is 0 Å². The van der Waals surface area contributed by atoms with Crippen molar-refractivity contribution in [3.05, 3.63) is 40.2 Å². The van der Waals surface area contributed by atoms with E-state index in [1.165, 1.54) is 28.5 Å². The van der Waals surface area contributed by atoms with Crippen molar-refractivity contribution in [3.63, 3.8) is 0 Å². The Kier molecular flexibility index (Phi) is 5.21. The summed E-state index contributed by atoms with van der Waals surface area (Å²) in [6.07, 6.45) is 2.29. The number of amides is 1. The lowest BCUT2D eigenvalue weighted by molar-refractivity contribution is 0.0779. The summed E-state index contributed by atoms with van der Waals surface area (Å²) in [4.78, 5) is 21.8. The number of hydrogen-bond donors (Lipinski definition) is 1. The van der Waals surface area contributed by atoms with Crippen molar-refractivity contribution >= 4 is 23.1 Å². The Hall–Kier alpha value is -2.02. The molecule has 0 aliphatic carbocycles. The van der Waals surface area contributed by atoms with Crippen molar-refractivity contribution in [3.8, 4) is 0 Å². The van der Waals surface area contributed by atoms with E-state index >= 15 is 0 Å². The molecule has 0 aliphatic heterocycles. The number of hydrogen-bond acceptors (Lipinski definition) is 5. The summed E-state index contributed by atoms with van der Waals surface area (Å²) in [6, 6.07) is 1.40. The fourth-order valence-corrected chi connectivity index (χ4v) is 2.36. The molecule has 112 valence electrons. The van der Waals surface area contributed by atoms with Gasteiger partial charge < -0.3 is 10.2 Å². The molecular formula is C14H17FN4OS. The maximum Gasteiger partial charge on any atom is 0.257 e. The molecule has 7 heteroatoms. The normalized spacial score (nSPS) is 10.4. The number of rotatable bonds is 6. The number of aromatic nitrogens is 2. The molecule has 0 bridgehead atoms. The predicted molar refractivity (Wildman–Crippen MR) is 80.9 cm³/mol. The zero-order chi connectivity index (χ0) is 15.2. The average Bonchev–Trinajstić information content (AvgIpc) is 2.98. The molecule has 2 rings (SSSR count). The lowest BCUT2D eigenvalue weighted by Gasteiger charge is -2.17. The van der Waals surface area contributed by atoms with Crippen LogP contribution < -0.4 is 5.32 Å². The number of thiazole rings is 1. The Balaban J connectivity index is 2.14. The minimum atomic E-state index is -0.610. The van der Waals surface area contributed by atoms with Gasteiger partial charge in [-0.1, -0.05) is 6.92 Å². The third kappa shape index (κ3) is 3.75. The third-order valence-electron chi connectivity index (χ3n) is 2.89. The van der Waals surface area contributed by atoms with Gasteiger partial charge in [0.1, 0.15) is 0 Å². The van der Waals surface area contributed by atoms with E-state index in [4.69, 9.17) is 0 Å². The van der Waals surface area contributed by atoms with Crippen molar-refractivity contribution in [1.82, 2.24) is 14.9 Å². The topological polar surface area (TPSA) is 58.1 Å². The molecule has 1 amide bonds. The maximum atomic E-state index is 14.3. The Labute approximate surface area is 126 Å². The monoisotopic (exact) mass is 308 g/mol. The molecule has 0 saturated carbocycles. The molecule has 21 heavy (non-hydrogen) atoms. The summed E-state index contributed by atoms with van der Waals surface area (Å²) in [5.74, 6) is -0.881. The molecule has 0 radical (unpaired) electrons. The van der Waals surface area contributed by atoms with E-state index in [1.807, 2.05) is 12.3 Å². The largest absolute Gasteiger partial charge is 0.368 e. The standard InChI is InChI=1S/C14H17FN4OS/c1-3-5-16-13-12(15)11(4-6-17-13)14(20)19(2)7-10-8-21-9-18-10/h4,6,8-9H,3,5,7H2,1-2H3,(H,16,17). The molecule has 0 unspecified atom stereocenters. The molecule has 2 heterocycles. The van der Waals surface area contributed by atoms with Gasteiger partial charge in [0.2, 0.25) is 0 Å². The van der Waals surface area contributed by atoms with E-state index in [0.717, 1.165) is 12.1 Å². The second kappa shape index (κ2) is 7.12. The van der Waals surface area contributed by atoms with Gasteiger partial charge in [-0.05, 0) is 12.5 Å². The lowest BCUT2D eigenvalue weighted by atomic mass is 10.2. The zero-order valence-corrected chi connectivity index (χ0v) is 12.8. The summed E-state index contributed by atoms with van der Waals surface area (Å²) < 4.78 is 14.3. The van der Waals surface area contributed by atoms with Crippen LogP contribution in [0.3, 0.4) is 0 Å². The Morgan fingerprint density at radius 1 is 1.48 bits per heavy atom. The first-order chi connectivity index (χ1) is 10.1. The summed E-state index contributed by atoms with van der Waals surface area (Å²) >= 11 is 1.46. The number of carbonyl (C=O) groups is 1. The first-order valence-corrected chi connectivity index (χ1v) is 7.58. The van der Waals surface area contributed by atoms with Gasteiger partial charge >= 0.3 is 0 Å². The summed E-state index contributed by atoms with van der Waals surface area (Å²) in [7, 11) is 1.63. The van der Waals surface area contributed by atoms with Gasteiger partial charge in [-0.25, -0.2) is 14.4 Å². The number of pyridine rings is 1. The van der Waals surface area contributed by atoms with Gasteiger partial charge in [0, 0.05) is 25.2 Å². The van der Waals surface area contributed by atoms with Crippen LogP contribution in [-0.2, 0) is 6.54 Å². The van der Waals surface area contributed by atoms with E-state index in [9.17, 15) is 9.18 Å². The van der Waals surface area contributed by atoms with Gasteiger partial charge in [-0.2, -0.15) is 0 Å². The molecule has 1 N–H and O–H groups in total. The summed E-state index contributed by atoms with van der Waals surface area (Å²) in [6.45, 7) is 2.93. The first-order valence-electron chi connectivity index (χ1n) is 6.64. The average molecular weight is 308 g/mol. The van der Waals surface area contributed by atoms with Crippen molar-refractivity contribution in [2.45, 2.75) is 19.9 Å². The highest BCUT2D eigenvalue weighted by molar-refractivity contribution is 7.07. The number of nitrogens with one attached hydrogen (secondary N) is 1. The number of carbonyl (C=O) groups excluding carboxylic acids is 1. The third-order valence-corrected chi connectivity index (χ3v) is 3.53. The van der Waals surface area contributed by atoms with Crippen LogP contribution in [0.4, 0.5) is 10.2 Å². The van der Waals surface area contributed by atoms with E-state index in [1.54, 1.807) is 12.6 Å². The van der Waals surface area contributed by atoms with Gasteiger partial charge in [-0.15, -0.1) is 11.3 Å². The van der Waals surface area contributed by atoms with Crippen LogP contribution in [0.15, 0.2) is 23.2 Å². The fourth-order valence-electron chi connectivity index (χ4n) is 1.81. The van der Waals surface area contributed by atoms with Gasteiger partial charge in [-0.3, -0.25) is 4.79 Å². The van der Waals surface area contributed by atoms with Gasteiger partial charge in [0.05, 0.1) is 23.3 Å². The SMILES string of the molecule is CCCNc1nccc(C(=O)N(C)Cc2cscn2)c1F. The van der Waals surface area contributed by atoms with Gasteiger partial charge in [0.25, 0.3) is 5.91 Å². The number of anilines is 1. The molecule has 0 aliphatic rings. The number of halogens is 1. The predicted octanol–water partition coefficient (Wildman–Crippen LogP) is 2.77. The summed E-state index contributed by atoms with van der Waals surface area (Å²) in [5.41, 5.74) is 2.50. The van der Waals surface area contributed by atoms with Crippen molar-refractivity contribution in [2.75, 3.05) is 18.9 Å². The number of nitrogens with zero attached hydrogens (tertiary/aromatic N) is 3. The smallest absolute Gasteiger partial charge is 0.257 e. The van der Waals surface area contributed by atoms with Crippen LogP contribution in [0.2, 0.25) is 0 Å². The molecular weight excluding hydrogens is 291 g/mol. The highest BCUT2D eigenvalue weighted by atomic mass is 32.1. The van der Waals surface area contributed by atoms with Crippen LogP contribution in [-0.4, -0.2) is 34.4 Å². The first kappa shape index (κ1) is 15.4. The lowest BCUT2D eigenvalue weighted by Crippen LogP contribution is -2.27. The van der Waals surface area contributed by atoms with Crippen molar-refractivity contribution in [1.29, 1.82) is 0 Å². The molecule has 0 atom stereocenters. The van der Waals surface area contributed by atoms with Crippen LogP contribution in [0, 0.1) is 5.82 Å². The minimum Gasteiger partial charge on any atom is -0.368 e. The Morgan fingerprint density at radius 3 is 2.95 bits per heavy atom. The van der Waals surface area contributed by atoms with Crippen LogP contribution in [0.1, 0.15) is 29.4 Å². The maximum absolute atomic E-state index is 14.3. The molecule has 0 aromatic carbocycles. The van der Waals surface area contributed by atoms with Crippen LogP contribution in [0.25, 0.3) is 0 Å². The quantitative estimate of drug-likeness (QED) is 0.891. The van der Waals surface area contributed by atoms with E-state index in [2.05, 4.69) is 15.3 Å². The molecule has 5 nitrogen and oxygen atoms in total. The van der Waals surface area contributed by atoms with Crippen LogP contribution in [0.5, 0.6) is 0 Å². The molecule has 0 spiro atoms. The second-order valence-corrected chi connectivity index (χ2v) is 5.31. The fraction of sp³-hybridized carbons (Fsp3) is 0.357. The van der Waals surface area contributed by atoms with E-state index < -0.39 is 5.82 Å². The molecule has 2 aromatic heterocycles. The zero-order valence-electron chi connectivity index (χ0n) is 12.0. The van der Waals surface area contributed by atoms with Crippen molar-refractivity contribution < 1.29 is 9.18 Å². The highest BCUT2D eigenvalue weighted by Gasteiger charge is 2.19. The van der Waals surface area contributed by atoms with E-state index in [0.29, 0.717) is 13.1 Å². The van der Waals surface area contributed by atoms with Crippen LogP contribution >= 0.6 is 11.3 Å². The summed E-state index contributed by atoms with van der Waals surface area (Å²) in [5, 5.41) is 4.74. The Bertz CT molecular complexity index is 603. The molecule has 0 fully saturated rings. The van der Waals surface area contributed by atoms with E-state index in [-0.39, 0.29) is 17.3 Å². The Morgan fingerprint density at radius 2 is 2.29 bits per heavy atom. The molecule has 2 aromatic rings.